The SMILES string of the molecule is COCCN(C)CCNCc1ccc(-n2cccn2)cc1. The van der Waals surface area contributed by atoms with Crippen molar-refractivity contribution in [2.45, 2.75) is 6.54 Å². The van der Waals surface area contributed by atoms with Gasteiger partial charge in [0.1, 0.15) is 0 Å². The largest absolute Gasteiger partial charge is 0.383 e. The number of rotatable bonds is 9. The van der Waals surface area contributed by atoms with Gasteiger partial charge in [0.05, 0.1) is 12.3 Å². The highest BCUT2D eigenvalue weighted by atomic mass is 16.5. The van der Waals surface area contributed by atoms with Crippen molar-refractivity contribution < 1.29 is 4.74 Å². The van der Waals surface area contributed by atoms with Crippen LogP contribution in [0.4, 0.5) is 0 Å². The lowest BCUT2D eigenvalue weighted by Crippen LogP contribution is -2.31. The summed E-state index contributed by atoms with van der Waals surface area (Å²) in [4.78, 5) is 2.26. The minimum atomic E-state index is 0.783. The van der Waals surface area contributed by atoms with E-state index in [1.807, 2.05) is 16.9 Å². The first kappa shape index (κ1) is 15.7. The Labute approximate surface area is 126 Å². The molecular formula is C16H24N4O. The van der Waals surface area contributed by atoms with Crippen molar-refractivity contribution in [2.24, 2.45) is 0 Å². The molecule has 5 heteroatoms. The summed E-state index contributed by atoms with van der Waals surface area (Å²) in [5.41, 5.74) is 2.37. The number of nitrogens with zero attached hydrogens (tertiary/aromatic N) is 3. The van der Waals surface area contributed by atoms with Gasteiger partial charge in [-0.25, -0.2) is 4.68 Å². The van der Waals surface area contributed by atoms with E-state index in [1.165, 1.54) is 5.56 Å². The number of benzene rings is 1. The maximum Gasteiger partial charge on any atom is 0.0645 e. The van der Waals surface area contributed by atoms with E-state index in [2.05, 4.69) is 46.6 Å². The summed E-state index contributed by atoms with van der Waals surface area (Å²) in [6.07, 6.45) is 3.73. The fraction of sp³-hybridized carbons (Fsp3) is 0.438. The van der Waals surface area contributed by atoms with Crippen LogP contribution in [0.15, 0.2) is 42.7 Å². The maximum absolute atomic E-state index is 5.06. The summed E-state index contributed by atoms with van der Waals surface area (Å²) < 4.78 is 6.92. The van der Waals surface area contributed by atoms with Gasteiger partial charge in [-0.3, -0.25) is 0 Å². The van der Waals surface area contributed by atoms with Crippen molar-refractivity contribution >= 4 is 0 Å². The van der Waals surface area contributed by atoms with E-state index in [4.69, 9.17) is 4.74 Å². The Morgan fingerprint density at radius 1 is 1.24 bits per heavy atom. The molecule has 0 atom stereocenters. The summed E-state index contributed by atoms with van der Waals surface area (Å²) in [5.74, 6) is 0. The second kappa shape index (κ2) is 8.56. The molecule has 5 nitrogen and oxygen atoms in total. The van der Waals surface area contributed by atoms with Gasteiger partial charge in [0.25, 0.3) is 0 Å². The van der Waals surface area contributed by atoms with Crippen LogP contribution in [0.5, 0.6) is 0 Å². The van der Waals surface area contributed by atoms with Crippen molar-refractivity contribution in [3.8, 4) is 5.69 Å². The molecule has 0 radical (unpaired) electrons. The molecule has 0 saturated heterocycles. The van der Waals surface area contributed by atoms with E-state index in [0.717, 1.165) is 38.5 Å². The predicted molar refractivity (Wildman–Crippen MR) is 84.6 cm³/mol. The number of ether oxygens (including phenoxy) is 1. The zero-order valence-corrected chi connectivity index (χ0v) is 12.8. The third kappa shape index (κ3) is 5.30. The zero-order valence-electron chi connectivity index (χ0n) is 12.8. The highest BCUT2D eigenvalue weighted by Crippen LogP contribution is 2.08. The second-order valence-corrected chi connectivity index (χ2v) is 5.09. The zero-order chi connectivity index (χ0) is 14.9. The Balaban J connectivity index is 1.69. The summed E-state index contributed by atoms with van der Waals surface area (Å²) in [7, 11) is 3.85. The molecule has 0 unspecified atom stereocenters. The first-order chi connectivity index (χ1) is 10.3. The van der Waals surface area contributed by atoms with E-state index in [0.29, 0.717) is 0 Å². The maximum atomic E-state index is 5.06. The number of aromatic nitrogens is 2. The highest BCUT2D eigenvalue weighted by molar-refractivity contribution is 5.33. The Hall–Kier alpha value is -1.69. The van der Waals surface area contributed by atoms with E-state index < -0.39 is 0 Å². The standard InChI is InChI=1S/C16H24N4O/c1-19(12-13-21-2)11-9-17-14-15-4-6-16(7-5-15)20-10-3-8-18-20/h3-8,10,17H,9,11-14H2,1-2H3. The molecule has 0 amide bonds. The van der Waals surface area contributed by atoms with Gasteiger partial charge < -0.3 is 15.0 Å². The molecule has 0 aliphatic carbocycles. The summed E-state index contributed by atoms with van der Waals surface area (Å²) in [5, 5.41) is 7.68. The first-order valence-corrected chi connectivity index (χ1v) is 7.27. The van der Waals surface area contributed by atoms with Gasteiger partial charge in [-0.2, -0.15) is 5.10 Å². The average molecular weight is 288 g/mol. The second-order valence-electron chi connectivity index (χ2n) is 5.09. The van der Waals surface area contributed by atoms with Crippen LogP contribution in [0.2, 0.25) is 0 Å². The normalized spacial score (nSPS) is 11.2. The smallest absolute Gasteiger partial charge is 0.0645 e. The van der Waals surface area contributed by atoms with Crippen molar-refractivity contribution in [3.05, 3.63) is 48.3 Å². The summed E-state index contributed by atoms with van der Waals surface area (Å²) >= 11 is 0. The van der Waals surface area contributed by atoms with Crippen LogP contribution >= 0.6 is 0 Å². The number of hydrogen-bond donors (Lipinski definition) is 1. The molecule has 1 aromatic carbocycles. The summed E-state index contributed by atoms with van der Waals surface area (Å²) in [6, 6.07) is 10.4. The van der Waals surface area contributed by atoms with Crippen LogP contribution in [0.1, 0.15) is 5.56 Å². The Morgan fingerprint density at radius 2 is 2.05 bits per heavy atom. The van der Waals surface area contributed by atoms with Crippen LogP contribution in [-0.2, 0) is 11.3 Å². The Morgan fingerprint density at radius 3 is 2.71 bits per heavy atom. The number of hydrogen-bond acceptors (Lipinski definition) is 4. The van der Waals surface area contributed by atoms with Gasteiger partial charge in [-0.15, -0.1) is 0 Å². The molecule has 1 heterocycles. The van der Waals surface area contributed by atoms with E-state index >= 15 is 0 Å². The van der Waals surface area contributed by atoms with Crippen LogP contribution in [-0.4, -0.2) is 55.1 Å². The van der Waals surface area contributed by atoms with Crippen LogP contribution in [0, 0.1) is 0 Å². The van der Waals surface area contributed by atoms with Crippen molar-refractivity contribution in [1.82, 2.24) is 20.0 Å². The van der Waals surface area contributed by atoms with E-state index in [1.54, 1.807) is 13.3 Å². The first-order valence-electron chi connectivity index (χ1n) is 7.27. The van der Waals surface area contributed by atoms with Gasteiger partial charge >= 0.3 is 0 Å². The van der Waals surface area contributed by atoms with Gasteiger partial charge in [-0.05, 0) is 30.8 Å². The van der Waals surface area contributed by atoms with Crippen LogP contribution in [0.3, 0.4) is 0 Å². The molecule has 0 saturated carbocycles. The highest BCUT2D eigenvalue weighted by Gasteiger charge is 1.99. The van der Waals surface area contributed by atoms with Crippen molar-refractivity contribution in [3.63, 3.8) is 0 Å². The van der Waals surface area contributed by atoms with Gasteiger partial charge in [-0.1, -0.05) is 12.1 Å². The van der Waals surface area contributed by atoms with Crippen LogP contribution < -0.4 is 5.32 Å². The molecule has 2 aromatic rings. The Kier molecular flexibility index (Phi) is 6.40. The number of nitrogens with one attached hydrogen (secondary N) is 1. The molecule has 0 bridgehead atoms. The molecule has 1 N–H and O–H groups in total. The van der Waals surface area contributed by atoms with E-state index in [-0.39, 0.29) is 0 Å². The minimum Gasteiger partial charge on any atom is -0.383 e. The van der Waals surface area contributed by atoms with Crippen molar-refractivity contribution in [2.75, 3.05) is 40.4 Å². The molecular weight excluding hydrogens is 264 g/mol. The number of methoxy groups -OCH3 is 1. The molecule has 0 spiro atoms. The quantitative estimate of drug-likeness (QED) is 0.711. The predicted octanol–water partition coefficient (Wildman–Crippen LogP) is 1.54. The molecule has 2 rings (SSSR count). The lowest BCUT2D eigenvalue weighted by molar-refractivity contribution is 0.161. The fourth-order valence-corrected chi connectivity index (χ4v) is 2.05. The minimum absolute atomic E-state index is 0.783. The van der Waals surface area contributed by atoms with Gasteiger partial charge in [0, 0.05) is 45.7 Å². The summed E-state index contributed by atoms with van der Waals surface area (Å²) in [6.45, 7) is 4.63. The lowest BCUT2D eigenvalue weighted by Gasteiger charge is -2.16. The Bertz CT molecular complexity index is 496. The van der Waals surface area contributed by atoms with Crippen LogP contribution in [0.25, 0.3) is 5.69 Å². The molecule has 1 aromatic heterocycles. The monoisotopic (exact) mass is 288 g/mol. The topological polar surface area (TPSA) is 42.3 Å². The van der Waals surface area contributed by atoms with Gasteiger partial charge in [0.15, 0.2) is 0 Å². The van der Waals surface area contributed by atoms with Crippen molar-refractivity contribution in [1.29, 1.82) is 0 Å². The lowest BCUT2D eigenvalue weighted by atomic mass is 10.2. The molecule has 0 fully saturated rings. The van der Waals surface area contributed by atoms with E-state index in [9.17, 15) is 0 Å². The third-order valence-corrected chi connectivity index (χ3v) is 3.38. The van der Waals surface area contributed by atoms with Gasteiger partial charge in [0.2, 0.25) is 0 Å². The molecule has 114 valence electrons. The molecule has 0 aliphatic rings. The molecule has 0 aliphatic heterocycles. The number of likely N-dealkylation sites (N-methyl/N-ethyl adjacent to an activating group) is 1. The third-order valence-electron chi connectivity index (χ3n) is 3.38. The molecule has 21 heavy (non-hydrogen) atoms. The average Bonchev–Trinajstić information content (AvgIpc) is 3.04. The fourth-order valence-electron chi connectivity index (χ4n) is 2.05.